The van der Waals surface area contributed by atoms with Crippen LogP contribution in [0.3, 0.4) is 0 Å². The summed E-state index contributed by atoms with van der Waals surface area (Å²) in [4.78, 5) is 29.5. The Balaban J connectivity index is 0. The molecule has 0 bridgehead atoms. The summed E-state index contributed by atoms with van der Waals surface area (Å²) in [6.45, 7) is 8.09. The van der Waals surface area contributed by atoms with Gasteiger partial charge >= 0.3 is 154 Å². The summed E-state index contributed by atoms with van der Waals surface area (Å²) in [5.41, 5.74) is 0. The second kappa shape index (κ2) is 40.4. The molecule has 47 heavy (non-hydrogen) atoms. The summed E-state index contributed by atoms with van der Waals surface area (Å²) in [7, 11) is 0. The minimum absolute atomic E-state index is 0.209. The molecule has 0 N–H and O–H groups in total. The number of carbonyl (C=O) groups excluding carboxylic acids is 2. The van der Waals surface area contributed by atoms with Crippen molar-refractivity contribution in [2.45, 2.75) is 153 Å². The van der Waals surface area contributed by atoms with Crippen molar-refractivity contribution < 1.29 is 19.1 Å². The summed E-state index contributed by atoms with van der Waals surface area (Å²) < 4.78 is 12.2. The molecule has 0 aromatic carbocycles. The monoisotopic (exact) mass is 787 g/mol. The van der Waals surface area contributed by atoms with Gasteiger partial charge in [-0.3, -0.25) is 0 Å². The van der Waals surface area contributed by atoms with Crippen LogP contribution in [0.15, 0.2) is 18.7 Å². The quantitative estimate of drug-likeness (QED) is 0.0370. The van der Waals surface area contributed by atoms with Gasteiger partial charge < -0.3 is 0 Å². The van der Waals surface area contributed by atoms with Crippen molar-refractivity contribution in [1.29, 1.82) is 0 Å². The summed E-state index contributed by atoms with van der Waals surface area (Å²) in [5.74, 6) is 4.92. The second-order valence-corrected chi connectivity index (χ2v) is 13.2. The van der Waals surface area contributed by atoms with E-state index in [1.165, 1.54) is 89.9 Å². The van der Waals surface area contributed by atoms with Crippen LogP contribution in [-0.2, 0) is 25.6 Å². The zero-order valence-electron chi connectivity index (χ0n) is 29.8. The van der Waals surface area contributed by atoms with Gasteiger partial charge in [-0.25, -0.2) is 4.98 Å². The van der Waals surface area contributed by atoms with Crippen molar-refractivity contribution in [2.24, 2.45) is 0 Å². The number of ether oxygens (including phenoxy) is 2. The van der Waals surface area contributed by atoms with Gasteiger partial charge in [-0.15, -0.1) is 24.7 Å². The first-order chi connectivity index (χ1) is 23.0. The minimum atomic E-state index is -0.209. The third-order valence-electron chi connectivity index (χ3n) is 7.26. The Kier molecular flexibility index (Phi) is 40.8. The van der Waals surface area contributed by atoms with Gasteiger partial charge in [-0.1, -0.05) is 90.9 Å². The number of aryl methyl sites for hydroxylation is 1. The Bertz CT molecular complexity index is 832. The Morgan fingerprint density at radius 2 is 1.15 bits per heavy atom. The maximum atomic E-state index is 11.7. The first-order valence-electron chi connectivity index (χ1n) is 18.0. The van der Waals surface area contributed by atoms with Crippen molar-refractivity contribution >= 4 is 44.0 Å². The molecule has 0 saturated carbocycles. The normalized spacial score (nSPS) is 10.2. The standard InChI is InChI=1S/C16H25N3O4Se2.2C11H20/c20-15(22-10-12-24)2-7-18(8-3-16(21)23-11-13-25)5-1-6-19-9-4-17-14-19;2*1-3-5-7-9-11-10-8-6-4-2/h4,9,14H,1-3,5-8,10-13H2;2*1H,4-11H2,2H3. The van der Waals surface area contributed by atoms with Crippen LogP contribution in [0, 0.1) is 24.7 Å². The van der Waals surface area contributed by atoms with E-state index < -0.39 is 0 Å². The van der Waals surface area contributed by atoms with E-state index in [1.54, 1.807) is 12.5 Å². The van der Waals surface area contributed by atoms with Crippen molar-refractivity contribution in [3.8, 4) is 24.7 Å². The van der Waals surface area contributed by atoms with Gasteiger partial charge in [-0.2, -0.15) is 0 Å². The molecule has 1 rings (SSSR count). The van der Waals surface area contributed by atoms with E-state index in [0.717, 1.165) is 32.4 Å². The van der Waals surface area contributed by atoms with Crippen LogP contribution >= 0.6 is 0 Å². The topological polar surface area (TPSA) is 73.7 Å². The van der Waals surface area contributed by atoms with E-state index in [0.29, 0.717) is 49.8 Å². The first-order valence-corrected chi connectivity index (χ1v) is 20.4. The van der Waals surface area contributed by atoms with Gasteiger partial charge in [0.1, 0.15) is 0 Å². The molecule has 0 unspecified atom stereocenters. The number of rotatable bonds is 28. The molecule has 7 nitrogen and oxygen atoms in total. The third-order valence-corrected chi connectivity index (χ3v) is 7.96. The van der Waals surface area contributed by atoms with Crippen molar-refractivity contribution in [1.82, 2.24) is 14.5 Å². The molecule has 0 aliphatic rings. The molecule has 0 spiro atoms. The van der Waals surface area contributed by atoms with Crippen LogP contribution in [0.25, 0.3) is 0 Å². The summed E-state index contributed by atoms with van der Waals surface area (Å²) >= 11 is 5.61. The number of esters is 2. The molecule has 1 heterocycles. The molecule has 0 aliphatic carbocycles. The molecule has 2 radical (unpaired) electrons. The number of imidazole rings is 1. The molecule has 0 aliphatic heterocycles. The zero-order valence-corrected chi connectivity index (χ0v) is 33.2. The molecule has 0 saturated heterocycles. The Labute approximate surface area is 305 Å². The number of hydrogen-bond acceptors (Lipinski definition) is 6. The van der Waals surface area contributed by atoms with Crippen LogP contribution in [0.1, 0.15) is 136 Å². The van der Waals surface area contributed by atoms with Crippen molar-refractivity contribution in [3.63, 3.8) is 0 Å². The van der Waals surface area contributed by atoms with Gasteiger partial charge in [0.15, 0.2) is 0 Å². The Morgan fingerprint density at radius 1 is 0.702 bits per heavy atom. The zero-order chi connectivity index (χ0) is 35.1. The molecule has 268 valence electrons. The van der Waals surface area contributed by atoms with Crippen LogP contribution < -0.4 is 0 Å². The number of nitrogens with zero attached hydrogens (tertiary/aromatic N) is 3. The number of carbonyl (C=O) groups is 2. The van der Waals surface area contributed by atoms with Gasteiger partial charge in [0, 0.05) is 19.0 Å². The average Bonchev–Trinajstić information content (AvgIpc) is 3.61. The van der Waals surface area contributed by atoms with Crippen LogP contribution in [0.5, 0.6) is 0 Å². The molecule has 1 aromatic heterocycles. The maximum absolute atomic E-state index is 11.7. The summed E-state index contributed by atoms with van der Waals surface area (Å²) in [6.07, 6.45) is 38.2. The number of terminal acetylenes is 2. The molecule has 1 aromatic rings. The SMILES string of the molecule is C#CCCCCCCCCC.C#CCCCCCCCCC.O=C(CCN(CCCn1ccnc1)CCC(=O)OCC[Se])OCC[Se]. The fourth-order valence-electron chi connectivity index (χ4n) is 4.55. The van der Waals surface area contributed by atoms with Crippen molar-refractivity contribution in [2.75, 3.05) is 32.8 Å². The van der Waals surface area contributed by atoms with E-state index in [1.807, 2.05) is 10.8 Å². The average molecular weight is 786 g/mol. The van der Waals surface area contributed by atoms with Gasteiger partial charge in [0.05, 0.1) is 0 Å². The van der Waals surface area contributed by atoms with E-state index in [2.05, 4.69) is 67.6 Å². The Hall–Kier alpha value is -1.73. The Morgan fingerprint density at radius 3 is 1.53 bits per heavy atom. The fraction of sp³-hybridized carbons (Fsp3) is 0.763. The molecule has 0 amide bonds. The van der Waals surface area contributed by atoms with Crippen molar-refractivity contribution in [3.05, 3.63) is 18.7 Å². The predicted molar refractivity (Wildman–Crippen MR) is 198 cm³/mol. The predicted octanol–water partition coefficient (Wildman–Crippen LogP) is 8.14. The third kappa shape index (κ3) is 38.6. The fourth-order valence-corrected chi connectivity index (χ4v) is 4.90. The first kappa shape index (κ1) is 47.4. The molecule has 0 fully saturated rings. The number of aromatic nitrogens is 2. The van der Waals surface area contributed by atoms with E-state index in [9.17, 15) is 9.59 Å². The van der Waals surface area contributed by atoms with Gasteiger partial charge in [-0.05, 0) is 12.8 Å². The molecular formula is C38H65N3O4Se2. The van der Waals surface area contributed by atoms with Crippen LogP contribution in [0.4, 0.5) is 0 Å². The summed E-state index contributed by atoms with van der Waals surface area (Å²) in [5, 5.41) is 1.39. The molecular weight excluding hydrogens is 720 g/mol. The van der Waals surface area contributed by atoms with E-state index in [4.69, 9.17) is 22.3 Å². The second-order valence-electron chi connectivity index (χ2n) is 11.5. The molecule has 9 heteroatoms. The number of hydrogen-bond donors (Lipinski definition) is 0. The number of unbranched alkanes of at least 4 members (excludes halogenated alkanes) is 14. The van der Waals surface area contributed by atoms with E-state index >= 15 is 0 Å². The summed E-state index contributed by atoms with van der Waals surface area (Å²) in [6, 6.07) is 0. The van der Waals surface area contributed by atoms with Gasteiger partial charge in [0.25, 0.3) is 0 Å². The van der Waals surface area contributed by atoms with E-state index in [-0.39, 0.29) is 11.9 Å². The van der Waals surface area contributed by atoms with Crippen LogP contribution in [-0.4, -0.2) is 91.3 Å². The molecule has 0 atom stereocenters. The van der Waals surface area contributed by atoms with Crippen LogP contribution in [0.2, 0.25) is 10.6 Å². The van der Waals surface area contributed by atoms with Gasteiger partial charge in [0.2, 0.25) is 0 Å².